The second-order valence-electron chi connectivity index (χ2n) is 6.90. The number of likely N-dealkylation sites (tertiary alicyclic amines) is 1. The van der Waals surface area contributed by atoms with Crippen molar-refractivity contribution in [1.29, 1.82) is 0 Å². The molecule has 0 aliphatic carbocycles. The molecule has 0 spiro atoms. The van der Waals surface area contributed by atoms with Crippen molar-refractivity contribution in [3.05, 3.63) is 63.0 Å². The Kier molecular flexibility index (Phi) is 7.07. The predicted molar refractivity (Wildman–Crippen MR) is 112 cm³/mol. The minimum Gasteiger partial charge on any atom is -0.497 e. The van der Waals surface area contributed by atoms with Crippen LogP contribution in [0, 0.1) is 15.3 Å². The van der Waals surface area contributed by atoms with E-state index in [0.717, 1.165) is 38.2 Å². The summed E-state index contributed by atoms with van der Waals surface area (Å²) in [6.07, 6.45) is 2.13. The molecule has 1 saturated heterocycles. The van der Waals surface area contributed by atoms with Gasteiger partial charge in [0, 0.05) is 16.7 Å². The predicted octanol–water partition coefficient (Wildman–Crippen LogP) is 4.08. The number of methoxy groups -OCH3 is 1. The maximum atomic E-state index is 13.2. The Morgan fingerprint density at radius 1 is 1.22 bits per heavy atom. The molecule has 1 N–H and O–H groups in total. The first-order valence-electron chi connectivity index (χ1n) is 9.13. The average molecular weight is 482 g/mol. The van der Waals surface area contributed by atoms with Crippen LogP contribution in [0.25, 0.3) is 0 Å². The van der Waals surface area contributed by atoms with Gasteiger partial charge in [-0.15, -0.1) is 0 Å². The summed E-state index contributed by atoms with van der Waals surface area (Å²) < 4.78 is 19.0. The Bertz CT molecular complexity index is 774. The van der Waals surface area contributed by atoms with Gasteiger partial charge < -0.3 is 10.1 Å². The number of halogens is 2. The average Bonchev–Trinajstić information content (AvgIpc) is 2.68. The number of carbonyl (C=O) groups is 1. The Morgan fingerprint density at radius 3 is 2.56 bits per heavy atom. The lowest BCUT2D eigenvalue weighted by Gasteiger charge is -2.32. The van der Waals surface area contributed by atoms with E-state index in [-0.39, 0.29) is 11.7 Å². The topological polar surface area (TPSA) is 41.6 Å². The summed E-state index contributed by atoms with van der Waals surface area (Å²) in [6, 6.07) is 12.5. The van der Waals surface area contributed by atoms with Gasteiger partial charge in [-0.2, -0.15) is 0 Å². The largest absolute Gasteiger partial charge is 0.497 e. The Morgan fingerprint density at radius 2 is 1.93 bits per heavy atom. The number of hydrogen-bond acceptors (Lipinski definition) is 3. The minimum atomic E-state index is -0.319. The first-order valence-corrected chi connectivity index (χ1v) is 10.2. The molecule has 0 bridgehead atoms. The highest BCUT2D eigenvalue weighted by atomic mass is 127. The number of benzene rings is 2. The molecule has 0 unspecified atom stereocenters. The van der Waals surface area contributed by atoms with Crippen LogP contribution in [0.4, 0.5) is 4.39 Å². The molecule has 2 aromatic carbocycles. The second kappa shape index (κ2) is 9.50. The summed E-state index contributed by atoms with van der Waals surface area (Å²) in [5.74, 6) is 0.920. The van der Waals surface area contributed by atoms with Crippen molar-refractivity contribution in [3.63, 3.8) is 0 Å². The normalized spacial score (nSPS) is 15.5. The molecule has 1 amide bonds. The monoisotopic (exact) mass is 482 g/mol. The smallest absolute Gasteiger partial charge is 0.252 e. The zero-order valence-electron chi connectivity index (χ0n) is 15.4. The molecule has 0 atom stereocenters. The highest BCUT2D eigenvalue weighted by Gasteiger charge is 2.20. The molecule has 1 aliphatic rings. The molecule has 1 fully saturated rings. The highest BCUT2D eigenvalue weighted by molar-refractivity contribution is 14.1. The fourth-order valence-electron chi connectivity index (χ4n) is 3.34. The molecule has 0 aromatic heterocycles. The van der Waals surface area contributed by atoms with Gasteiger partial charge in [0.15, 0.2) is 0 Å². The van der Waals surface area contributed by atoms with Crippen molar-refractivity contribution in [2.75, 3.05) is 26.7 Å². The summed E-state index contributed by atoms with van der Waals surface area (Å²) in [4.78, 5) is 14.8. The molecule has 3 rings (SSSR count). The third-order valence-corrected chi connectivity index (χ3v) is 5.89. The Labute approximate surface area is 173 Å². The third kappa shape index (κ3) is 5.65. The van der Waals surface area contributed by atoms with E-state index in [1.807, 2.05) is 34.7 Å². The van der Waals surface area contributed by atoms with Crippen LogP contribution in [0.1, 0.15) is 28.8 Å². The van der Waals surface area contributed by atoms with Gasteiger partial charge >= 0.3 is 0 Å². The van der Waals surface area contributed by atoms with Gasteiger partial charge in [-0.05, 0) is 90.3 Å². The number of hydrogen-bond donors (Lipinski definition) is 1. The number of rotatable bonds is 6. The van der Waals surface area contributed by atoms with Crippen molar-refractivity contribution in [2.45, 2.75) is 19.4 Å². The van der Waals surface area contributed by atoms with Crippen molar-refractivity contribution in [3.8, 4) is 5.75 Å². The van der Waals surface area contributed by atoms with Gasteiger partial charge in [0.2, 0.25) is 0 Å². The van der Waals surface area contributed by atoms with E-state index in [4.69, 9.17) is 4.74 Å². The maximum Gasteiger partial charge on any atom is 0.252 e. The van der Waals surface area contributed by atoms with Crippen molar-refractivity contribution < 1.29 is 13.9 Å². The molecule has 2 aromatic rings. The summed E-state index contributed by atoms with van der Waals surface area (Å²) in [5.41, 5.74) is 1.82. The number of amides is 1. The lowest BCUT2D eigenvalue weighted by atomic mass is 9.96. The van der Waals surface area contributed by atoms with Gasteiger partial charge in [0.25, 0.3) is 5.91 Å². The molecule has 27 heavy (non-hydrogen) atoms. The van der Waals surface area contributed by atoms with E-state index >= 15 is 0 Å². The molecular weight excluding hydrogens is 458 g/mol. The molecule has 6 heteroatoms. The Balaban J connectivity index is 1.43. The first-order chi connectivity index (χ1) is 13.0. The molecule has 144 valence electrons. The highest BCUT2D eigenvalue weighted by Crippen LogP contribution is 2.20. The summed E-state index contributed by atoms with van der Waals surface area (Å²) in [5, 5.41) is 3.01. The SMILES string of the molecule is COc1ccc(CN2CCC(CNC(=O)c3ccc(F)cc3I)CC2)cc1. The summed E-state index contributed by atoms with van der Waals surface area (Å²) in [7, 11) is 1.68. The zero-order chi connectivity index (χ0) is 19.2. The number of piperidine rings is 1. The van der Waals surface area contributed by atoms with Crippen LogP contribution < -0.4 is 10.1 Å². The third-order valence-electron chi connectivity index (χ3n) is 5.00. The van der Waals surface area contributed by atoms with E-state index in [0.29, 0.717) is 21.6 Å². The molecule has 1 aliphatic heterocycles. The number of ether oxygens (including phenoxy) is 1. The van der Waals surface area contributed by atoms with E-state index in [2.05, 4.69) is 22.3 Å². The van der Waals surface area contributed by atoms with Crippen LogP contribution >= 0.6 is 22.6 Å². The van der Waals surface area contributed by atoms with Gasteiger partial charge in [0.1, 0.15) is 11.6 Å². The fraction of sp³-hybridized carbons (Fsp3) is 0.381. The number of carbonyl (C=O) groups excluding carboxylic acids is 1. The second-order valence-corrected chi connectivity index (χ2v) is 8.06. The van der Waals surface area contributed by atoms with Gasteiger partial charge in [-0.1, -0.05) is 12.1 Å². The number of nitrogens with zero attached hydrogens (tertiary/aromatic N) is 1. The standard InChI is InChI=1S/C21H24FIN2O2/c1-27-18-5-2-16(3-6-18)14-25-10-8-15(9-11-25)13-24-21(26)19-7-4-17(22)12-20(19)23/h2-7,12,15H,8-11,13-14H2,1H3,(H,24,26). The van der Waals surface area contributed by atoms with Crippen LogP contribution in [-0.4, -0.2) is 37.6 Å². The Hall–Kier alpha value is -1.67. The van der Waals surface area contributed by atoms with Gasteiger partial charge in [-0.3, -0.25) is 9.69 Å². The molecule has 4 nitrogen and oxygen atoms in total. The lowest BCUT2D eigenvalue weighted by Crippen LogP contribution is -2.38. The lowest BCUT2D eigenvalue weighted by molar-refractivity contribution is 0.0934. The number of nitrogens with one attached hydrogen (secondary N) is 1. The van der Waals surface area contributed by atoms with Crippen molar-refractivity contribution >= 4 is 28.5 Å². The van der Waals surface area contributed by atoms with Crippen LogP contribution in [0.5, 0.6) is 5.75 Å². The van der Waals surface area contributed by atoms with Crippen LogP contribution in [0.15, 0.2) is 42.5 Å². The van der Waals surface area contributed by atoms with Gasteiger partial charge in [0.05, 0.1) is 12.7 Å². The van der Waals surface area contributed by atoms with E-state index in [1.54, 1.807) is 13.2 Å². The molecular formula is C21H24FIN2O2. The van der Waals surface area contributed by atoms with Crippen LogP contribution in [-0.2, 0) is 6.54 Å². The zero-order valence-corrected chi connectivity index (χ0v) is 17.5. The van der Waals surface area contributed by atoms with Crippen molar-refractivity contribution in [2.24, 2.45) is 5.92 Å². The van der Waals surface area contributed by atoms with E-state index in [9.17, 15) is 9.18 Å². The first kappa shape index (κ1) is 20.1. The van der Waals surface area contributed by atoms with Crippen molar-refractivity contribution in [1.82, 2.24) is 10.2 Å². The maximum absolute atomic E-state index is 13.2. The molecule has 0 saturated carbocycles. The molecule has 0 radical (unpaired) electrons. The van der Waals surface area contributed by atoms with E-state index < -0.39 is 0 Å². The van der Waals surface area contributed by atoms with Crippen LogP contribution in [0.2, 0.25) is 0 Å². The minimum absolute atomic E-state index is 0.125. The molecule has 1 heterocycles. The van der Waals surface area contributed by atoms with Crippen LogP contribution in [0.3, 0.4) is 0 Å². The quantitative estimate of drug-likeness (QED) is 0.632. The van der Waals surface area contributed by atoms with Gasteiger partial charge in [-0.25, -0.2) is 4.39 Å². The fourth-order valence-corrected chi connectivity index (χ4v) is 4.07. The van der Waals surface area contributed by atoms with E-state index in [1.165, 1.54) is 17.7 Å². The summed E-state index contributed by atoms with van der Waals surface area (Å²) >= 11 is 2.00. The summed E-state index contributed by atoms with van der Waals surface area (Å²) in [6.45, 7) is 3.67.